The molecule has 3 rings (SSSR count). The van der Waals surface area contributed by atoms with Crippen LogP contribution >= 0.6 is 11.6 Å². The molecule has 1 amide bonds. The van der Waals surface area contributed by atoms with E-state index in [0.717, 1.165) is 0 Å². The maximum atomic E-state index is 12.4. The van der Waals surface area contributed by atoms with Crippen LogP contribution < -0.4 is 14.9 Å². The number of nitrogens with one attached hydrogen (secondary N) is 1. The van der Waals surface area contributed by atoms with E-state index >= 15 is 0 Å². The molecule has 0 saturated heterocycles. The first kappa shape index (κ1) is 23.0. The number of rotatable bonds is 8. The molecule has 0 unspecified atom stereocenters. The molecule has 3 aromatic rings. The summed E-state index contributed by atoms with van der Waals surface area (Å²) in [6.07, 6.45) is 0.0524. The van der Waals surface area contributed by atoms with Crippen LogP contribution in [0.1, 0.15) is 34.5 Å². The molecule has 0 radical (unpaired) electrons. The van der Waals surface area contributed by atoms with Crippen molar-refractivity contribution in [3.63, 3.8) is 0 Å². The van der Waals surface area contributed by atoms with Gasteiger partial charge in [-0.2, -0.15) is 5.10 Å². The summed E-state index contributed by atoms with van der Waals surface area (Å²) in [6.45, 7) is 2.14. The molecule has 3 aromatic carbocycles. The van der Waals surface area contributed by atoms with E-state index in [2.05, 4.69) is 10.5 Å². The van der Waals surface area contributed by atoms with Crippen LogP contribution in [0.25, 0.3) is 0 Å². The van der Waals surface area contributed by atoms with Crippen LogP contribution in [0.4, 0.5) is 0 Å². The molecule has 0 aliphatic rings. The van der Waals surface area contributed by atoms with Crippen LogP contribution in [0.3, 0.4) is 0 Å². The minimum Gasteiger partial charge on any atom is -0.490 e. The normalized spacial score (nSPS) is 11.7. The fraction of sp³-hybridized carbons (Fsp3) is 0.125. The van der Waals surface area contributed by atoms with E-state index in [0.29, 0.717) is 23.5 Å². The van der Waals surface area contributed by atoms with Crippen LogP contribution in [0, 0.1) is 0 Å². The number of benzene rings is 3. The zero-order chi connectivity index (χ0) is 22.9. The molecule has 0 spiro atoms. The van der Waals surface area contributed by atoms with Crippen molar-refractivity contribution >= 4 is 29.7 Å². The van der Waals surface area contributed by atoms with Crippen LogP contribution in [0.5, 0.6) is 11.5 Å². The predicted molar refractivity (Wildman–Crippen MR) is 121 cm³/mol. The Hall–Kier alpha value is -3.68. The van der Waals surface area contributed by atoms with Gasteiger partial charge in [-0.05, 0) is 48.4 Å². The van der Waals surface area contributed by atoms with Gasteiger partial charge in [0, 0.05) is 0 Å². The molecule has 8 heteroatoms. The molecule has 0 fully saturated rings. The number of carbonyl (C=O) groups excluding carboxylic acids is 2. The number of hydrogen-bond acceptors (Lipinski definition) is 6. The number of esters is 1. The second kappa shape index (κ2) is 11.1. The Morgan fingerprint density at radius 1 is 1.06 bits per heavy atom. The highest BCUT2D eigenvalue weighted by atomic mass is 35.5. The standard InChI is InChI=1S/C24H21ClN2O5/c1-2-31-21-14-16(15-26-27-23(29)22(28)17-8-4-3-5-9-17)12-13-20(21)32-24(30)18-10-6-7-11-19(18)25/h3-15,22,28H,2H2,1H3,(H,27,29)/b26-15-/t22-/m1/s1. The Morgan fingerprint density at radius 3 is 2.50 bits per heavy atom. The number of nitrogens with zero attached hydrogens (tertiary/aromatic N) is 1. The average Bonchev–Trinajstić information content (AvgIpc) is 2.81. The van der Waals surface area contributed by atoms with Crippen LogP contribution in [0.2, 0.25) is 5.02 Å². The van der Waals surface area contributed by atoms with Gasteiger partial charge in [0.15, 0.2) is 17.6 Å². The van der Waals surface area contributed by atoms with Gasteiger partial charge < -0.3 is 14.6 Å². The van der Waals surface area contributed by atoms with E-state index < -0.39 is 18.0 Å². The second-order valence-electron chi connectivity index (χ2n) is 6.56. The number of ether oxygens (including phenoxy) is 2. The highest BCUT2D eigenvalue weighted by Crippen LogP contribution is 2.29. The number of hydrogen-bond donors (Lipinski definition) is 2. The Labute approximate surface area is 190 Å². The number of aliphatic hydroxyl groups is 1. The van der Waals surface area contributed by atoms with Crippen molar-refractivity contribution in [2.24, 2.45) is 5.10 Å². The molecule has 0 saturated carbocycles. The molecule has 2 N–H and O–H groups in total. The smallest absolute Gasteiger partial charge is 0.345 e. The minimum absolute atomic E-state index is 0.220. The van der Waals surface area contributed by atoms with Crippen molar-refractivity contribution in [1.29, 1.82) is 0 Å². The molecular weight excluding hydrogens is 432 g/mol. The fourth-order valence-corrected chi connectivity index (χ4v) is 2.97. The highest BCUT2D eigenvalue weighted by Gasteiger charge is 2.17. The quantitative estimate of drug-likeness (QED) is 0.232. The van der Waals surface area contributed by atoms with Gasteiger partial charge in [-0.3, -0.25) is 4.79 Å². The van der Waals surface area contributed by atoms with Crippen molar-refractivity contribution in [3.05, 3.63) is 94.5 Å². The highest BCUT2D eigenvalue weighted by molar-refractivity contribution is 6.33. The maximum absolute atomic E-state index is 12.4. The molecule has 164 valence electrons. The van der Waals surface area contributed by atoms with E-state index in [1.54, 1.807) is 79.7 Å². The van der Waals surface area contributed by atoms with Crippen LogP contribution in [0.15, 0.2) is 77.9 Å². The molecule has 0 bridgehead atoms. The average molecular weight is 453 g/mol. The first-order chi connectivity index (χ1) is 15.5. The monoisotopic (exact) mass is 452 g/mol. The first-order valence-corrected chi connectivity index (χ1v) is 10.2. The fourth-order valence-electron chi connectivity index (χ4n) is 2.76. The SMILES string of the molecule is CCOc1cc(/C=N\NC(=O)[C@H](O)c2ccccc2)ccc1OC(=O)c1ccccc1Cl. The lowest BCUT2D eigenvalue weighted by atomic mass is 10.1. The Morgan fingerprint density at radius 2 is 1.78 bits per heavy atom. The lowest BCUT2D eigenvalue weighted by Crippen LogP contribution is -2.25. The van der Waals surface area contributed by atoms with E-state index in [4.69, 9.17) is 21.1 Å². The lowest BCUT2D eigenvalue weighted by molar-refractivity contribution is -0.129. The Balaban J connectivity index is 1.69. The third-order valence-corrected chi connectivity index (χ3v) is 4.65. The first-order valence-electron chi connectivity index (χ1n) is 9.79. The summed E-state index contributed by atoms with van der Waals surface area (Å²) in [5, 5.41) is 14.2. The molecule has 0 heterocycles. The van der Waals surface area contributed by atoms with Crippen molar-refractivity contribution in [2.45, 2.75) is 13.0 Å². The largest absolute Gasteiger partial charge is 0.490 e. The molecular formula is C24H21ClN2O5. The summed E-state index contributed by atoms with van der Waals surface area (Å²) in [4.78, 5) is 24.5. The van der Waals surface area contributed by atoms with Gasteiger partial charge in [0.2, 0.25) is 0 Å². The number of carbonyl (C=O) groups is 2. The molecule has 0 aliphatic heterocycles. The Kier molecular flexibility index (Phi) is 7.96. The molecule has 7 nitrogen and oxygen atoms in total. The summed E-state index contributed by atoms with van der Waals surface area (Å²) in [5.74, 6) is -0.729. The zero-order valence-electron chi connectivity index (χ0n) is 17.2. The summed E-state index contributed by atoms with van der Waals surface area (Å²) in [7, 11) is 0. The van der Waals surface area contributed by atoms with Crippen molar-refractivity contribution in [2.75, 3.05) is 6.61 Å². The third-order valence-electron chi connectivity index (χ3n) is 4.32. The van der Waals surface area contributed by atoms with E-state index in [1.807, 2.05) is 0 Å². The summed E-state index contributed by atoms with van der Waals surface area (Å²) in [6, 6.07) is 19.9. The van der Waals surface area contributed by atoms with Gasteiger partial charge in [-0.25, -0.2) is 10.2 Å². The van der Waals surface area contributed by atoms with E-state index in [-0.39, 0.29) is 16.3 Å². The summed E-state index contributed by atoms with van der Waals surface area (Å²) in [5.41, 5.74) is 3.58. The van der Waals surface area contributed by atoms with Gasteiger partial charge in [-0.15, -0.1) is 0 Å². The van der Waals surface area contributed by atoms with Crippen molar-refractivity contribution < 1.29 is 24.2 Å². The van der Waals surface area contributed by atoms with Crippen molar-refractivity contribution in [1.82, 2.24) is 5.43 Å². The summed E-state index contributed by atoms with van der Waals surface area (Å²) < 4.78 is 11.0. The lowest BCUT2D eigenvalue weighted by Gasteiger charge is -2.12. The molecule has 1 atom stereocenters. The van der Waals surface area contributed by atoms with Crippen LogP contribution in [-0.2, 0) is 4.79 Å². The topological polar surface area (TPSA) is 97.2 Å². The molecule has 32 heavy (non-hydrogen) atoms. The second-order valence-corrected chi connectivity index (χ2v) is 6.96. The van der Waals surface area contributed by atoms with Gasteiger partial charge in [0.05, 0.1) is 23.4 Å². The Bertz CT molecular complexity index is 1120. The number of hydrazone groups is 1. The third kappa shape index (κ3) is 5.94. The van der Waals surface area contributed by atoms with Gasteiger partial charge in [0.1, 0.15) is 0 Å². The van der Waals surface area contributed by atoms with Gasteiger partial charge in [-0.1, -0.05) is 54.1 Å². The van der Waals surface area contributed by atoms with Crippen LogP contribution in [-0.4, -0.2) is 29.8 Å². The van der Waals surface area contributed by atoms with E-state index in [9.17, 15) is 14.7 Å². The summed E-state index contributed by atoms with van der Waals surface area (Å²) >= 11 is 6.05. The number of aliphatic hydroxyl groups excluding tert-OH is 1. The molecule has 0 aliphatic carbocycles. The predicted octanol–water partition coefficient (Wildman–Crippen LogP) is 4.14. The van der Waals surface area contributed by atoms with E-state index in [1.165, 1.54) is 6.21 Å². The van der Waals surface area contributed by atoms with Gasteiger partial charge in [0.25, 0.3) is 5.91 Å². The maximum Gasteiger partial charge on any atom is 0.345 e. The zero-order valence-corrected chi connectivity index (χ0v) is 18.0. The number of halogens is 1. The minimum atomic E-state index is -1.33. The van der Waals surface area contributed by atoms with Gasteiger partial charge >= 0.3 is 5.97 Å². The molecule has 0 aromatic heterocycles. The number of amides is 1. The van der Waals surface area contributed by atoms with Crippen molar-refractivity contribution in [3.8, 4) is 11.5 Å².